The largest absolute Gasteiger partial charge is 0.301 e. The van der Waals surface area contributed by atoms with Crippen LogP contribution in [0.25, 0.3) is 0 Å². The third-order valence-electron chi connectivity index (χ3n) is 4.13. The number of H-pyrrole nitrogens is 1. The first-order valence-corrected chi connectivity index (χ1v) is 9.12. The van der Waals surface area contributed by atoms with Crippen LogP contribution in [0.3, 0.4) is 0 Å². The van der Waals surface area contributed by atoms with Crippen molar-refractivity contribution in [2.24, 2.45) is 0 Å². The number of aromatic nitrogens is 4. The second-order valence-corrected chi connectivity index (χ2v) is 7.37. The second kappa shape index (κ2) is 7.74. The summed E-state index contributed by atoms with van der Waals surface area (Å²) in [6.07, 6.45) is 0.815. The molecule has 0 saturated carbocycles. The molecule has 136 valence electrons. The number of nitrogens with one attached hydrogen (secondary N) is 2. The lowest BCUT2D eigenvalue weighted by atomic mass is 9.96. The standard InChI is InChI=1S/C18H20FN5OS/c1-10(17-11(2)21-22-12(17)3)7-15(25)20-18-24-23-16(26-18)9-13-5-4-6-14(19)8-13/h4-6,8,10H,7,9H2,1-3H3,(H,21,22)(H,20,24,25). The average molecular weight is 373 g/mol. The Morgan fingerprint density at radius 1 is 1.35 bits per heavy atom. The number of aromatic amines is 1. The number of carbonyl (C=O) groups is 1. The van der Waals surface area contributed by atoms with Crippen molar-refractivity contribution in [1.29, 1.82) is 0 Å². The summed E-state index contributed by atoms with van der Waals surface area (Å²) in [6, 6.07) is 6.37. The fraction of sp³-hybridized carbons (Fsp3) is 0.333. The fourth-order valence-corrected chi connectivity index (χ4v) is 3.82. The molecule has 1 amide bonds. The lowest BCUT2D eigenvalue weighted by Crippen LogP contribution is -2.14. The van der Waals surface area contributed by atoms with E-state index in [-0.39, 0.29) is 17.6 Å². The van der Waals surface area contributed by atoms with Gasteiger partial charge >= 0.3 is 0 Å². The van der Waals surface area contributed by atoms with E-state index in [9.17, 15) is 9.18 Å². The normalized spacial score (nSPS) is 12.2. The summed E-state index contributed by atoms with van der Waals surface area (Å²) in [5, 5.41) is 19.2. The van der Waals surface area contributed by atoms with Gasteiger partial charge in [0, 0.05) is 18.5 Å². The van der Waals surface area contributed by atoms with Crippen molar-refractivity contribution >= 4 is 22.4 Å². The number of nitrogens with zero attached hydrogens (tertiary/aromatic N) is 3. The SMILES string of the molecule is Cc1n[nH]c(C)c1C(C)CC(=O)Nc1nnc(Cc2cccc(F)c2)s1. The van der Waals surface area contributed by atoms with Gasteiger partial charge in [-0.2, -0.15) is 5.10 Å². The predicted octanol–water partition coefficient (Wildman–Crippen LogP) is 3.74. The highest BCUT2D eigenvalue weighted by atomic mass is 32.1. The highest BCUT2D eigenvalue weighted by molar-refractivity contribution is 7.15. The van der Waals surface area contributed by atoms with Crippen LogP contribution in [0.15, 0.2) is 24.3 Å². The summed E-state index contributed by atoms with van der Waals surface area (Å²) in [6.45, 7) is 5.88. The fourth-order valence-electron chi connectivity index (χ4n) is 3.03. The van der Waals surface area contributed by atoms with Crippen LogP contribution < -0.4 is 5.32 Å². The Morgan fingerprint density at radius 2 is 2.15 bits per heavy atom. The summed E-state index contributed by atoms with van der Waals surface area (Å²) in [5.41, 5.74) is 3.79. The third-order valence-corrected chi connectivity index (χ3v) is 4.97. The van der Waals surface area contributed by atoms with Gasteiger partial charge in [-0.05, 0) is 43.0 Å². The minimum absolute atomic E-state index is 0.0495. The zero-order valence-electron chi connectivity index (χ0n) is 14.8. The Balaban J connectivity index is 1.59. The van der Waals surface area contributed by atoms with Gasteiger partial charge in [0.2, 0.25) is 11.0 Å². The topological polar surface area (TPSA) is 83.6 Å². The van der Waals surface area contributed by atoms with Crippen LogP contribution >= 0.6 is 11.3 Å². The van der Waals surface area contributed by atoms with Gasteiger partial charge in [-0.3, -0.25) is 9.89 Å². The van der Waals surface area contributed by atoms with Crippen LogP contribution in [0.1, 0.15) is 46.8 Å². The summed E-state index contributed by atoms with van der Waals surface area (Å²) in [7, 11) is 0. The van der Waals surface area contributed by atoms with Crippen LogP contribution in [0, 0.1) is 19.7 Å². The monoisotopic (exact) mass is 373 g/mol. The molecular weight excluding hydrogens is 353 g/mol. The number of hydrogen-bond acceptors (Lipinski definition) is 5. The predicted molar refractivity (Wildman–Crippen MR) is 98.8 cm³/mol. The van der Waals surface area contributed by atoms with Crippen molar-refractivity contribution in [3.63, 3.8) is 0 Å². The Bertz CT molecular complexity index is 900. The first kappa shape index (κ1) is 18.2. The molecule has 2 heterocycles. The molecule has 0 saturated heterocycles. The minimum Gasteiger partial charge on any atom is -0.301 e. The van der Waals surface area contributed by atoms with E-state index in [0.29, 0.717) is 18.0 Å². The molecule has 2 aromatic heterocycles. The molecule has 2 N–H and O–H groups in total. The summed E-state index contributed by atoms with van der Waals surface area (Å²) < 4.78 is 13.2. The lowest BCUT2D eigenvalue weighted by molar-refractivity contribution is -0.116. The van der Waals surface area contributed by atoms with Crippen LogP contribution in [-0.2, 0) is 11.2 Å². The Labute approximate surface area is 154 Å². The van der Waals surface area contributed by atoms with Crippen molar-refractivity contribution in [3.8, 4) is 0 Å². The van der Waals surface area contributed by atoms with Crippen molar-refractivity contribution in [3.05, 3.63) is 57.6 Å². The zero-order chi connectivity index (χ0) is 18.7. The van der Waals surface area contributed by atoms with Gasteiger partial charge < -0.3 is 5.32 Å². The molecule has 0 fully saturated rings. The molecule has 3 aromatic rings. The highest BCUT2D eigenvalue weighted by Gasteiger charge is 2.18. The summed E-state index contributed by atoms with van der Waals surface area (Å²) in [5.74, 6) is -0.348. The van der Waals surface area contributed by atoms with E-state index in [0.717, 1.165) is 27.5 Å². The van der Waals surface area contributed by atoms with Gasteiger partial charge in [0.1, 0.15) is 10.8 Å². The van der Waals surface area contributed by atoms with Crippen molar-refractivity contribution < 1.29 is 9.18 Å². The molecule has 1 atom stereocenters. The van der Waals surface area contributed by atoms with Gasteiger partial charge in [-0.25, -0.2) is 4.39 Å². The first-order valence-electron chi connectivity index (χ1n) is 8.30. The van der Waals surface area contributed by atoms with Crippen molar-refractivity contribution in [1.82, 2.24) is 20.4 Å². The summed E-state index contributed by atoms with van der Waals surface area (Å²) in [4.78, 5) is 12.3. The van der Waals surface area contributed by atoms with Crippen LogP contribution in [0.4, 0.5) is 9.52 Å². The van der Waals surface area contributed by atoms with E-state index in [1.807, 2.05) is 26.8 Å². The average Bonchev–Trinajstić information content (AvgIpc) is 3.13. The second-order valence-electron chi connectivity index (χ2n) is 6.31. The molecular formula is C18H20FN5OS. The zero-order valence-corrected chi connectivity index (χ0v) is 15.7. The minimum atomic E-state index is -0.278. The van der Waals surface area contributed by atoms with E-state index in [1.165, 1.54) is 23.5 Å². The van der Waals surface area contributed by atoms with Crippen molar-refractivity contribution in [2.75, 3.05) is 5.32 Å². The third kappa shape index (κ3) is 4.32. The van der Waals surface area contributed by atoms with Crippen molar-refractivity contribution in [2.45, 2.75) is 39.5 Å². The number of carbonyl (C=O) groups excluding carboxylic acids is 1. The smallest absolute Gasteiger partial charge is 0.226 e. The van der Waals surface area contributed by atoms with E-state index in [2.05, 4.69) is 25.7 Å². The quantitative estimate of drug-likeness (QED) is 0.689. The summed E-state index contributed by atoms with van der Waals surface area (Å²) >= 11 is 1.30. The molecule has 0 aliphatic heterocycles. The van der Waals surface area contributed by atoms with E-state index >= 15 is 0 Å². The molecule has 3 rings (SSSR count). The number of aryl methyl sites for hydroxylation is 2. The molecule has 1 aromatic carbocycles. The number of amides is 1. The maximum atomic E-state index is 13.2. The number of rotatable bonds is 6. The molecule has 8 heteroatoms. The Hall–Kier alpha value is -2.61. The van der Waals surface area contributed by atoms with Gasteiger partial charge in [0.05, 0.1) is 5.69 Å². The van der Waals surface area contributed by atoms with Gasteiger partial charge in [-0.15, -0.1) is 10.2 Å². The first-order chi connectivity index (χ1) is 12.4. The van der Waals surface area contributed by atoms with Gasteiger partial charge in [0.25, 0.3) is 0 Å². The van der Waals surface area contributed by atoms with E-state index < -0.39 is 0 Å². The number of halogens is 1. The molecule has 0 radical (unpaired) electrons. The molecule has 0 spiro atoms. The number of hydrogen-bond donors (Lipinski definition) is 2. The maximum absolute atomic E-state index is 13.2. The number of benzene rings is 1. The van der Waals surface area contributed by atoms with Gasteiger partial charge in [0.15, 0.2) is 0 Å². The molecule has 6 nitrogen and oxygen atoms in total. The van der Waals surface area contributed by atoms with Gasteiger partial charge in [-0.1, -0.05) is 30.4 Å². The van der Waals surface area contributed by atoms with Crippen LogP contribution in [0.2, 0.25) is 0 Å². The highest BCUT2D eigenvalue weighted by Crippen LogP contribution is 2.25. The Morgan fingerprint density at radius 3 is 2.85 bits per heavy atom. The molecule has 0 aliphatic carbocycles. The van der Waals surface area contributed by atoms with Crippen LogP contribution in [-0.4, -0.2) is 26.3 Å². The lowest BCUT2D eigenvalue weighted by Gasteiger charge is -2.11. The molecule has 26 heavy (non-hydrogen) atoms. The van der Waals surface area contributed by atoms with E-state index in [4.69, 9.17) is 0 Å². The molecule has 0 aliphatic rings. The Kier molecular flexibility index (Phi) is 5.41. The maximum Gasteiger partial charge on any atom is 0.226 e. The number of anilines is 1. The van der Waals surface area contributed by atoms with Crippen LogP contribution in [0.5, 0.6) is 0 Å². The molecule has 0 bridgehead atoms. The molecule has 1 unspecified atom stereocenters. The van der Waals surface area contributed by atoms with E-state index in [1.54, 1.807) is 6.07 Å².